The van der Waals surface area contributed by atoms with Crippen LogP contribution in [0, 0.1) is 0 Å². The van der Waals surface area contributed by atoms with Gasteiger partial charge in [0.1, 0.15) is 11.6 Å². The van der Waals surface area contributed by atoms with Crippen molar-refractivity contribution in [1.29, 1.82) is 0 Å². The van der Waals surface area contributed by atoms with Crippen LogP contribution in [0.4, 0.5) is 0 Å². The van der Waals surface area contributed by atoms with Crippen molar-refractivity contribution in [2.75, 3.05) is 7.05 Å². The van der Waals surface area contributed by atoms with Crippen LogP contribution < -0.4 is 0 Å². The predicted octanol–water partition coefficient (Wildman–Crippen LogP) is 0.526. The molecule has 2 heterocycles. The summed E-state index contributed by atoms with van der Waals surface area (Å²) in [6, 6.07) is 0. The largest absolute Gasteiger partial charge is 0.337 e. The molecule has 0 spiro atoms. The fraction of sp³-hybridized carbons (Fsp3) is 0.455. The lowest BCUT2D eigenvalue weighted by molar-refractivity contribution is 0.449. The number of hydrogen-bond acceptors (Lipinski definition) is 4. The first-order valence-corrected chi connectivity index (χ1v) is 7.35. The number of aromatic amines is 1. The molecule has 0 aromatic carbocycles. The summed E-state index contributed by atoms with van der Waals surface area (Å²) in [6.45, 7) is 2.12. The van der Waals surface area contributed by atoms with Crippen molar-refractivity contribution in [3.8, 4) is 0 Å². The van der Waals surface area contributed by atoms with Gasteiger partial charge in [-0.05, 0) is 0 Å². The van der Waals surface area contributed by atoms with Gasteiger partial charge < -0.3 is 9.55 Å². The lowest BCUT2D eigenvalue weighted by atomic mass is 10.5. The van der Waals surface area contributed by atoms with Crippen LogP contribution in [0.25, 0.3) is 0 Å². The van der Waals surface area contributed by atoms with Gasteiger partial charge >= 0.3 is 0 Å². The Morgan fingerprint density at radius 1 is 1.42 bits per heavy atom. The summed E-state index contributed by atoms with van der Waals surface area (Å²) in [5.74, 6) is 1.34. The van der Waals surface area contributed by atoms with Gasteiger partial charge in [0.25, 0.3) is 10.0 Å². The zero-order valence-corrected chi connectivity index (χ0v) is 12.0. The fourth-order valence-electron chi connectivity index (χ4n) is 1.65. The monoisotopic (exact) mass is 283 g/mol. The third-order valence-electron chi connectivity index (χ3n) is 2.91. The molecule has 19 heavy (non-hydrogen) atoms. The van der Waals surface area contributed by atoms with E-state index in [2.05, 4.69) is 15.0 Å². The van der Waals surface area contributed by atoms with Gasteiger partial charge in [-0.2, -0.15) is 4.31 Å². The van der Waals surface area contributed by atoms with Gasteiger partial charge in [0, 0.05) is 32.9 Å². The first kappa shape index (κ1) is 13.8. The molecule has 8 heteroatoms. The Labute approximate surface area is 112 Å². The molecule has 0 amide bonds. The van der Waals surface area contributed by atoms with Crippen molar-refractivity contribution in [2.45, 2.75) is 24.9 Å². The van der Waals surface area contributed by atoms with Crippen LogP contribution in [-0.2, 0) is 30.0 Å². The molecule has 0 saturated heterocycles. The van der Waals surface area contributed by atoms with Gasteiger partial charge in [-0.1, -0.05) is 6.92 Å². The number of hydrogen-bond donors (Lipinski definition) is 1. The molecule has 1 N–H and O–H groups in total. The molecule has 0 bridgehead atoms. The molecular weight excluding hydrogens is 266 g/mol. The van der Waals surface area contributed by atoms with E-state index < -0.39 is 10.0 Å². The second-order valence-corrected chi connectivity index (χ2v) is 6.28. The number of nitrogens with one attached hydrogen (secondary N) is 1. The Bertz CT molecular complexity index is 658. The highest BCUT2D eigenvalue weighted by Crippen LogP contribution is 2.14. The van der Waals surface area contributed by atoms with Gasteiger partial charge in [-0.15, -0.1) is 0 Å². The highest BCUT2D eigenvalue weighted by atomic mass is 32.2. The zero-order valence-electron chi connectivity index (χ0n) is 11.2. The topological polar surface area (TPSA) is 83.9 Å². The molecule has 0 aliphatic rings. The molecular formula is C11H17N5O2S. The Kier molecular flexibility index (Phi) is 3.72. The second-order valence-electron chi connectivity index (χ2n) is 4.26. The van der Waals surface area contributed by atoms with Crippen molar-refractivity contribution in [3.05, 3.63) is 30.2 Å². The van der Waals surface area contributed by atoms with Crippen molar-refractivity contribution < 1.29 is 8.42 Å². The molecule has 0 atom stereocenters. The summed E-state index contributed by atoms with van der Waals surface area (Å²) < 4.78 is 27.7. The zero-order chi connectivity index (χ0) is 14.0. The molecule has 0 radical (unpaired) electrons. The first-order valence-electron chi connectivity index (χ1n) is 5.91. The summed E-state index contributed by atoms with van der Waals surface area (Å²) in [7, 11) is -0.207. The number of aryl methyl sites for hydroxylation is 2. The third kappa shape index (κ3) is 2.69. The van der Waals surface area contributed by atoms with Crippen LogP contribution in [0.5, 0.6) is 0 Å². The molecule has 0 aliphatic heterocycles. The van der Waals surface area contributed by atoms with E-state index in [1.807, 2.05) is 14.0 Å². The highest BCUT2D eigenvalue weighted by molar-refractivity contribution is 7.89. The minimum Gasteiger partial charge on any atom is -0.337 e. The second kappa shape index (κ2) is 5.14. The molecule has 0 aliphatic carbocycles. The fourth-order valence-corrected chi connectivity index (χ4v) is 2.71. The van der Waals surface area contributed by atoms with E-state index in [-0.39, 0.29) is 11.6 Å². The number of aromatic nitrogens is 4. The number of imidazole rings is 2. The van der Waals surface area contributed by atoms with Crippen LogP contribution in [-0.4, -0.2) is 39.3 Å². The highest BCUT2D eigenvalue weighted by Gasteiger charge is 2.24. The van der Waals surface area contributed by atoms with E-state index in [1.54, 1.807) is 17.0 Å². The normalized spacial score (nSPS) is 12.2. The molecule has 2 aromatic heterocycles. The van der Waals surface area contributed by atoms with Gasteiger partial charge in [-0.25, -0.2) is 18.4 Å². The summed E-state index contributed by atoms with van der Waals surface area (Å²) in [5.41, 5.74) is 0. The maximum atomic E-state index is 12.3. The van der Waals surface area contributed by atoms with Crippen molar-refractivity contribution >= 4 is 10.0 Å². The predicted molar refractivity (Wildman–Crippen MR) is 69.8 cm³/mol. The summed E-state index contributed by atoms with van der Waals surface area (Å²) >= 11 is 0. The summed E-state index contributed by atoms with van der Waals surface area (Å²) in [5, 5.41) is 0.112. The van der Waals surface area contributed by atoms with E-state index in [1.165, 1.54) is 17.5 Å². The molecule has 104 valence electrons. The average molecular weight is 283 g/mol. The van der Waals surface area contributed by atoms with Gasteiger partial charge in [0.2, 0.25) is 0 Å². The Hall–Kier alpha value is -1.67. The lowest BCUT2D eigenvalue weighted by Crippen LogP contribution is -2.28. The van der Waals surface area contributed by atoms with E-state index in [0.717, 1.165) is 0 Å². The quantitative estimate of drug-likeness (QED) is 0.867. The van der Waals surface area contributed by atoms with E-state index in [9.17, 15) is 8.42 Å². The molecule has 0 saturated carbocycles. The number of nitrogens with zero attached hydrogens (tertiary/aromatic N) is 4. The van der Waals surface area contributed by atoms with Crippen molar-refractivity contribution in [1.82, 2.24) is 23.8 Å². The van der Waals surface area contributed by atoms with Crippen LogP contribution in [0.1, 0.15) is 18.6 Å². The van der Waals surface area contributed by atoms with E-state index >= 15 is 0 Å². The summed E-state index contributed by atoms with van der Waals surface area (Å²) in [4.78, 5) is 10.9. The van der Waals surface area contributed by atoms with Crippen molar-refractivity contribution in [2.24, 2.45) is 7.05 Å². The van der Waals surface area contributed by atoms with Gasteiger partial charge in [0.15, 0.2) is 5.03 Å². The van der Waals surface area contributed by atoms with Crippen LogP contribution in [0.2, 0.25) is 0 Å². The van der Waals surface area contributed by atoms with E-state index in [0.29, 0.717) is 18.1 Å². The lowest BCUT2D eigenvalue weighted by Gasteiger charge is -2.15. The molecule has 2 aromatic rings. The Morgan fingerprint density at radius 3 is 2.68 bits per heavy atom. The number of H-pyrrole nitrogens is 1. The average Bonchev–Trinajstić information content (AvgIpc) is 2.99. The minimum atomic E-state index is -3.56. The maximum Gasteiger partial charge on any atom is 0.260 e. The first-order chi connectivity index (χ1) is 8.95. The molecule has 7 nitrogen and oxygen atoms in total. The van der Waals surface area contributed by atoms with Gasteiger partial charge in [0.05, 0.1) is 12.7 Å². The summed E-state index contributed by atoms with van der Waals surface area (Å²) in [6.07, 6.45) is 5.43. The number of sulfonamides is 1. The van der Waals surface area contributed by atoms with Gasteiger partial charge in [-0.3, -0.25) is 0 Å². The molecule has 0 fully saturated rings. The smallest absolute Gasteiger partial charge is 0.260 e. The van der Waals surface area contributed by atoms with Crippen molar-refractivity contribution in [3.63, 3.8) is 0 Å². The van der Waals surface area contributed by atoms with E-state index in [4.69, 9.17) is 0 Å². The van der Waals surface area contributed by atoms with Crippen LogP contribution in [0.3, 0.4) is 0 Å². The maximum absolute atomic E-state index is 12.3. The van der Waals surface area contributed by atoms with Crippen LogP contribution >= 0.6 is 0 Å². The van der Waals surface area contributed by atoms with Crippen LogP contribution in [0.15, 0.2) is 23.6 Å². The number of rotatable bonds is 5. The minimum absolute atomic E-state index is 0.112. The molecule has 2 rings (SSSR count). The standard InChI is InChI=1S/C11H17N5O2S/c1-4-9-13-7-11(14-9)19(17,18)16(3)8-10-12-5-6-15(10)2/h5-7H,4,8H2,1-3H3,(H,13,14). The Morgan fingerprint density at radius 2 is 2.16 bits per heavy atom. The molecule has 0 unspecified atom stereocenters. The third-order valence-corrected chi connectivity index (χ3v) is 4.63. The SMILES string of the molecule is CCc1ncc(S(=O)(=O)N(C)Cc2nccn2C)[nH]1. The Balaban J connectivity index is 2.22.